The molecule has 2 saturated heterocycles. The van der Waals surface area contributed by atoms with Crippen molar-refractivity contribution in [3.8, 4) is 0 Å². The quantitative estimate of drug-likeness (QED) is 0.408. The zero-order valence-electron chi connectivity index (χ0n) is 31.6. The first kappa shape index (κ1) is 43.3. The van der Waals surface area contributed by atoms with Gasteiger partial charge in [-0.25, -0.2) is 10.2 Å². The van der Waals surface area contributed by atoms with E-state index in [1.165, 1.54) is 0 Å². The van der Waals surface area contributed by atoms with Crippen LogP contribution in [0.5, 0.6) is 0 Å². The molecular weight excluding hydrogens is 668 g/mol. The highest BCUT2D eigenvalue weighted by molar-refractivity contribution is 6.02. The van der Waals surface area contributed by atoms with Crippen molar-refractivity contribution in [1.29, 1.82) is 0 Å². The highest BCUT2D eigenvalue weighted by atomic mass is 16.6. The Balaban J connectivity index is 0.000000363. The van der Waals surface area contributed by atoms with Gasteiger partial charge in [-0.05, 0) is 91.5 Å². The molecule has 4 rings (SSSR count). The molecule has 284 valence electrons. The van der Waals surface area contributed by atoms with Gasteiger partial charge in [-0.1, -0.05) is 36.4 Å². The van der Waals surface area contributed by atoms with E-state index < -0.39 is 23.1 Å². The van der Waals surface area contributed by atoms with Crippen molar-refractivity contribution in [3.63, 3.8) is 0 Å². The summed E-state index contributed by atoms with van der Waals surface area (Å²) in [4.78, 5) is 81.4. The number of hydrogen-bond donors (Lipinski definition) is 2. The van der Waals surface area contributed by atoms with Crippen molar-refractivity contribution < 1.29 is 38.3 Å². The van der Waals surface area contributed by atoms with E-state index in [4.69, 9.17) is 14.3 Å². The number of nitrogens with one attached hydrogen (secondary N) is 2. The molecule has 0 aliphatic carbocycles. The molecule has 2 N–H and O–H groups in total. The minimum atomic E-state index is -0.742. The number of ether oxygens (including phenoxy) is 1. The summed E-state index contributed by atoms with van der Waals surface area (Å²) in [5.41, 5.74) is 5.55. The molecule has 0 aromatic heterocycles. The smallest absolute Gasteiger partial charge is 0.432 e. The molecule has 5 amide bonds. The van der Waals surface area contributed by atoms with Gasteiger partial charge < -0.3 is 14.5 Å². The molecular formula is C38H54N6O8. The van der Waals surface area contributed by atoms with E-state index >= 15 is 0 Å². The lowest BCUT2D eigenvalue weighted by molar-refractivity contribution is -0.191. The van der Waals surface area contributed by atoms with Crippen LogP contribution < -0.4 is 10.9 Å². The number of amides is 5. The van der Waals surface area contributed by atoms with E-state index in [-0.39, 0.29) is 36.0 Å². The minimum absolute atomic E-state index is 0.0418. The van der Waals surface area contributed by atoms with Gasteiger partial charge in [-0.3, -0.25) is 24.6 Å². The van der Waals surface area contributed by atoms with Gasteiger partial charge in [0.05, 0.1) is 0 Å². The summed E-state index contributed by atoms with van der Waals surface area (Å²) < 4.78 is 5.63. The van der Waals surface area contributed by atoms with Crippen LogP contribution in [-0.4, -0.2) is 105 Å². The molecule has 14 nitrogen and oxygen atoms in total. The fourth-order valence-electron chi connectivity index (χ4n) is 5.88. The molecule has 0 saturated carbocycles. The van der Waals surface area contributed by atoms with Crippen molar-refractivity contribution in [3.05, 3.63) is 71.8 Å². The molecule has 0 radical (unpaired) electrons. The largest absolute Gasteiger partial charge is 0.442 e. The average molecular weight is 723 g/mol. The summed E-state index contributed by atoms with van der Waals surface area (Å²) in [7, 11) is 0. The SMILES string of the molecule is CC(=O)N1CCC(N(N(C(=O)OC(C)(C)C)C(=O)c2ccccc2)C(C)(C)C)CC1.CC(=O)N1CCC(NNC(=O)c2ccccc2)CC1.O=C=O. The van der Waals surface area contributed by atoms with Crippen LogP contribution in [0.4, 0.5) is 4.79 Å². The second kappa shape index (κ2) is 20.2. The van der Waals surface area contributed by atoms with E-state index in [0.29, 0.717) is 37.1 Å². The second-order valence-corrected chi connectivity index (χ2v) is 14.5. The standard InChI is InChI=1S/C23H35N3O4.C14H19N3O2.CO2/c1-17(27)24-15-13-19(14-16-24)26(22(2,3)4)25(21(29)30-23(5,6)7)20(28)18-11-9-8-10-12-18;1-11(18)17-9-7-13(8-10-17)15-16-14(19)12-5-3-2-4-6-12;2-1-3/h8-12,19H,13-16H2,1-7H3;2-6,13,15H,7-10H2,1H3,(H,16,19);. The predicted molar refractivity (Wildman–Crippen MR) is 193 cm³/mol. The molecule has 0 atom stereocenters. The van der Waals surface area contributed by atoms with Crippen molar-refractivity contribution >= 4 is 35.9 Å². The monoisotopic (exact) mass is 722 g/mol. The Bertz CT molecular complexity index is 1500. The number of likely N-dealkylation sites (tertiary alicyclic amines) is 2. The topological polar surface area (TPSA) is 166 Å². The van der Waals surface area contributed by atoms with Crippen molar-refractivity contribution in [2.75, 3.05) is 26.2 Å². The number of rotatable bonds is 6. The number of imide groups is 1. The highest BCUT2D eigenvalue weighted by Crippen LogP contribution is 2.29. The minimum Gasteiger partial charge on any atom is -0.442 e. The third kappa shape index (κ3) is 14.0. The zero-order valence-corrected chi connectivity index (χ0v) is 31.6. The Kier molecular flexibility index (Phi) is 16.8. The molecule has 0 spiro atoms. The lowest BCUT2D eigenvalue weighted by atomic mass is 9.98. The number of nitrogens with zero attached hydrogens (tertiary/aromatic N) is 4. The number of carbonyl (C=O) groups is 5. The maximum atomic E-state index is 13.5. The molecule has 2 heterocycles. The molecule has 14 heteroatoms. The maximum absolute atomic E-state index is 13.5. The van der Waals surface area contributed by atoms with E-state index in [1.807, 2.05) is 54.9 Å². The molecule has 0 unspecified atom stereocenters. The number of benzene rings is 2. The summed E-state index contributed by atoms with van der Waals surface area (Å²) in [6.07, 6.45) is 2.60. The zero-order chi connectivity index (χ0) is 39.1. The molecule has 2 fully saturated rings. The summed E-state index contributed by atoms with van der Waals surface area (Å²) >= 11 is 0. The Hall–Kier alpha value is -4.91. The number of hydrazine groups is 2. The Morgan fingerprint density at radius 3 is 1.54 bits per heavy atom. The third-order valence-corrected chi connectivity index (χ3v) is 8.30. The van der Waals surface area contributed by atoms with Crippen LogP contribution in [0.2, 0.25) is 0 Å². The summed E-state index contributed by atoms with van der Waals surface area (Å²) in [6.45, 7) is 17.1. The summed E-state index contributed by atoms with van der Waals surface area (Å²) in [5.74, 6) is -0.393. The fraction of sp³-hybridized carbons (Fsp3) is 0.526. The molecule has 2 aliphatic rings. The van der Waals surface area contributed by atoms with Crippen molar-refractivity contribution in [2.45, 2.75) is 104 Å². The van der Waals surface area contributed by atoms with E-state index in [9.17, 15) is 24.0 Å². The number of hydrogen-bond acceptors (Lipinski definition) is 10. The van der Waals surface area contributed by atoms with Crippen molar-refractivity contribution in [1.82, 2.24) is 30.7 Å². The van der Waals surface area contributed by atoms with Gasteiger partial charge in [0.2, 0.25) is 11.8 Å². The predicted octanol–water partition coefficient (Wildman–Crippen LogP) is 4.44. The van der Waals surface area contributed by atoms with Crippen LogP contribution in [0.3, 0.4) is 0 Å². The van der Waals surface area contributed by atoms with Gasteiger partial charge in [-0.2, -0.15) is 19.6 Å². The molecule has 2 aliphatic heterocycles. The van der Waals surface area contributed by atoms with Gasteiger partial charge in [0.15, 0.2) is 0 Å². The van der Waals surface area contributed by atoms with Crippen LogP contribution in [0.1, 0.15) is 102 Å². The lowest BCUT2D eigenvalue weighted by Gasteiger charge is -2.48. The second-order valence-electron chi connectivity index (χ2n) is 14.5. The maximum Gasteiger partial charge on any atom is 0.432 e. The normalized spacial score (nSPS) is 15.2. The number of piperidine rings is 2. The van der Waals surface area contributed by atoms with E-state index in [2.05, 4.69) is 10.9 Å². The highest BCUT2D eigenvalue weighted by Gasteiger charge is 2.43. The Morgan fingerprint density at radius 2 is 1.13 bits per heavy atom. The van der Waals surface area contributed by atoms with E-state index in [1.54, 1.807) is 75.9 Å². The van der Waals surface area contributed by atoms with Crippen molar-refractivity contribution in [2.24, 2.45) is 0 Å². The van der Waals surface area contributed by atoms with Gasteiger partial charge in [-0.15, -0.1) is 0 Å². The van der Waals surface area contributed by atoms with Crippen LogP contribution in [-0.2, 0) is 23.9 Å². The average Bonchev–Trinajstić information content (AvgIpc) is 3.09. The first-order valence-corrected chi connectivity index (χ1v) is 17.4. The molecule has 52 heavy (non-hydrogen) atoms. The fourth-order valence-corrected chi connectivity index (χ4v) is 5.88. The summed E-state index contributed by atoms with van der Waals surface area (Å²) in [6, 6.07) is 18.0. The van der Waals surface area contributed by atoms with Crippen LogP contribution >= 0.6 is 0 Å². The lowest BCUT2D eigenvalue weighted by Crippen LogP contribution is -2.63. The Morgan fingerprint density at radius 1 is 0.712 bits per heavy atom. The third-order valence-electron chi connectivity index (χ3n) is 8.30. The first-order chi connectivity index (χ1) is 24.4. The van der Waals surface area contributed by atoms with Crippen LogP contribution in [0.25, 0.3) is 0 Å². The molecule has 2 aromatic rings. The van der Waals surface area contributed by atoms with Gasteiger partial charge >= 0.3 is 12.2 Å². The van der Waals surface area contributed by atoms with Gasteiger partial charge in [0.1, 0.15) is 5.60 Å². The number of carbonyl (C=O) groups excluding carboxylic acids is 7. The molecule has 0 bridgehead atoms. The van der Waals surface area contributed by atoms with Gasteiger partial charge in [0, 0.05) is 68.8 Å². The summed E-state index contributed by atoms with van der Waals surface area (Å²) in [5, 5.41) is 3.00. The Labute approximate surface area is 306 Å². The van der Waals surface area contributed by atoms with Gasteiger partial charge in [0.25, 0.3) is 11.8 Å². The van der Waals surface area contributed by atoms with Crippen LogP contribution in [0.15, 0.2) is 60.7 Å². The van der Waals surface area contributed by atoms with Crippen LogP contribution in [0, 0.1) is 0 Å². The first-order valence-electron chi connectivity index (χ1n) is 17.4. The molecule has 2 aromatic carbocycles. The van der Waals surface area contributed by atoms with E-state index in [0.717, 1.165) is 30.9 Å².